The van der Waals surface area contributed by atoms with Crippen molar-refractivity contribution in [2.75, 3.05) is 37.6 Å². The topological polar surface area (TPSA) is 54.6 Å². The molecule has 1 saturated heterocycles. The average Bonchev–Trinajstić information content (AvgIpc) is 3.19. The van der Waals surface area contributed by atoms with Gasteiger partial charge in [0.05, 0.1) is 10.5 Å². The highest BCUT2D eigenvalue weighted by Gasteiger charge is 2.31. The highest BCUT2D eigenvalue weighted by atomic mass is 19.4. The molecule has 1 aliphatic rings. The Morgan fingerprint density at radius 1 is 0.938 bits per heavy atom. The molecule has 0 bridgehead atoms. The minimum Gasteiger partial charge on any atom is -0.369 e. The number of nitro groups is 1. The van der Waals surface area contributed by atoms with Crippen LogP contribution in [0, 0.1) is 10.1 Å². The van der Waals surface area contributed by atoms with E-state index in [1.54, 1.807) is 18.2 Å². The van der Waals surface area contributed by atoms with Crippen molar-refractivity contribution in [3.8, 4) is 0 Å². The van der Waals surface area contributed by atoms with Crippen molar-refractivity contribution >= 4 is 22.3 Å². The summed E-state index contributed by atoms with van der Waals surface area (Å²) in [5, 5.41) is 11.8. The standard InChI is InChI=1S/C23H25F3N4O2/c24-23(25,26)19-4-3-5-20(17-19)28-14-12-27(13-15-28)9-1-2-10-29-11-8-18-16-21(30(31)32)6-7-22(18)29/h3-8,11,16-17H,1-2,9-10,12-15H2. The molecule has 0 atom stereocenters. The SMILES string of the molecule is O=[N+]([O-])c1ccc2c(ccn2CCCCN2CCN(c3cccc(C(F)(F)F)c3)CC2)c1. The molecule has 0 aliphatic carbocycles. The van der Waals surface area contributed by atoms with Gasteiger partial charge >= 0.3 is 6.18 Å². The van der Waals surface area contributed by atoms with Crippen LogP contribution in [0.4, 0.5) is 24.5 Å². The van der Waals surface area contributed by atoms with Gasteiger partial charge in [0.25, 0.3) is 5.69 Å². The van der Waals surface area contributed by atoms with E-state index < -0.39 is 11.7 Å². The second kappa shape index (κ2) is 9.20. The van der Waals surface area contributed by atoms with Crippen LogP contribution < -0.4 is 4.90 Å². The highest BCUT2D eigenvalue weighted by molar-refractivity contribution is 5.82. The van der Waals surface area contributed by atoms with Gasteiger partial charge in [0.1, 0.15) is 0 Å². The molecule has 6 nitrogen and oxygen atoms in total. The Bertz CT molecular complexity index is 1090. The zero-order valence-electron chi connectivity index (χ0n) is 17.6. The monoisotopic (exact) mass is 446 g/mol. The number of unbranched alkanes of at least 4 members (excludes halogenated alkanes) is 1. The first-order chi connectivity index (χ1) is 15.3. The molecule has 0 N–H and O–H groups in total. The van der Waals surface area contributed by atoms with E-state index in [9.17, 15) is 23.3 Å². The molecular formula is C23H25F3N4O2. The number of rotatable bonds is 7. The lowest BCUT2D eigenvalue weighted by Gasteiger charge is -2.36. The third kappa shape index (κ3) is 5.04. The van der Waals surface area contributed by atoms with Crippen LogP contribution >= 0.6 is 0 Å². The summed E-state index contributed by atoms with van der Waals surface area (Å²) in [6, 6.07) is 12.4. The summed E-state index contributed by atoms with van der Waals surface area (Å²) >= 11 is 0. The van der Waals surface area contributed by atoms with Crippen molar-refractivity contribution in [1.29, 1.82) is 0 Å². The first-order valence-corrected chi connectivity index (χ1v) is 10.7. The van der Waals surface area contributed by atoms with E-state index in [-0.39, 0.29) is 10.6 Å². The summed E-state index contributed by atoms with van der Waals surface area (Å²) in [7, 11) is 0. The summed E-state index contributed by atoms with van der Waals surface area (Å²) in [5.41, 5.74) is 1.11. The third-order valence-electron chi connectivity index (χ3n) is 6.00. The quantitative estimate of drug-likeness (QED) is 0.285. The molecule has 4 rings (SSSR count). The van der Waals surface area contributed by atoms with Crippen LogP contribution in [-0.4, -0.2) is 47.1 Å². The van der Waals surface area contributed by atoms with Gasteiger partial charge in [-0.05, 0) is 49.7 Å². The first-order valence-electron chi connectivity index (χ1n) is 10.7. The molecule has 0 saturated carbocycles. The van der Waals surface area contributed by atoms with Crippen molar-refractivity contribution in [3.63, 3.8) is 0 Å². The van der Waals surface area contributed by atoms with Gasteiger partial charge in [-0.2, -0.15) is 13.2 Å². The fourth-order valence-electron chi connectivity index (χ4n) is 4.22. The van der Waals surface area contributed by atoms with Gasteiger partial charge in [0.15, 0.2) is 0 Å². The Morgan fingerprint density at radius 3 is 2.41 bits per heavy atom. The van der Waals surface area contributed by atoms with E-state index in [0.717, 1.165) is 56.0 Å². The minimum atomic E-state index is -4.32. The third-order valence-corrected chi connectivity index (χ3v) is 6.00. The number of nitrogens with zero attached hydrogens (tertiary/aromatic N) is 4. The van der Waals surface area contributed by atoms with Gasteiger partial charge < -0.3 is 9.47 Å². The van der Waals surface area contributed by atoms with Gasteiger partial charge in [-0.1, -0.05) is 6.07 Å². The van der Waals surface area contributed by atoms with E-state index >= 15 is 0 Å². The summed E-state index contributed by atoms with van der Waals surface area (Å²) in [6.45, 7) is 4.86. The van der Waals surface area contributed by atoms with E-state index in [2.05, 4.69) is 9.47 Å². The molecule has 0 unspecified atom stereocenters. The number of fused-ring (bicyclic) bond motifs is 1. The number of alkyl halides is 3. The predicted molar refractivity (Wildman–Crippen MR) is 118 cm³/mol. The molecular weight excluding hydrogens is 421 g/mol. The fourth-order valence-corrected chi connectivity index (χ4v) is 4.22. The number of piperazine rings is 1. The van der Waals surface area contributed by atoms with Crippen molar-refractivity contribution in [2.45, 2.75) is 25.6 Å². The second-order valence-electron chi connectivity index (χ2n) is 8.09. The van der Waals surface area contributed by atoms with Crippen LogP contribution in [0.2, 0.25) is 0 Å². The molecule has 1 aromatic heterocycles. The lowest BCUT2D eigenvalue weighted by Crippen LogP contribution is -2.46. The Hall–Kier alpha value is -3.07. The molecule has 1 aliphatic heterocycles. The van der Waals surface area contributed by atoms with Crippen LogP contribution in [-0.2, 0) is 12.7 Å². The van der Waals surface area contributed by atoms with Crippen LogP contribution in [0.15, 0.2) is 54.7 Å². The number of aromatic nitrogens is 1. The molecule has 170 valence electrons. The number of hydrogen-bond acceptors (Lipinski definition) is 4. The maximum Gasteiger partial charge on any atom is 0.416 e. The molecule has 32 heavy (non-hydrogen) atoms. The van der Waals surface area contributed by atoms with E-state index in [1.807, 2.05) is 17.2 Å². The fraction of sp³-hybridized carbons (Fsp3) is 0.391. The van der Waals surface area contributed by atoms with Crippen molar-refractivity contribution in [1.82, 2.24) is 9.47 Å². The number of non-ortho nitro benzene ring substituents is 1. The number of anilines is 1. The first kappa shape index (κ1) is 22.1. The van der Waals surface area contributed by atoms with Crippen LogP contribution in [0.3, 0.4) is 0 Å². The summed E-state index contributed by atoms with van der Waals surface area (Å²) in [4.78, 5) is 14.9. The van der Waals surface area contributed by atoms with Crippen molar-refractivity contribution in [3.05, 3.63) is 70.4 Å². The van der Waals surface area contributed by atoms with Gasteiger partial charge in [-0.15, -0.1) is 0 Å². The van der Waals surface area contributed by atoms with Crippen molar-refractivity contribution in [2.24, 2.45) is 0 Å². The molecule has 2 aromatic carbocycles. The Morgan fingerprint density at radius 2 is 1.69 bits per heavy atom. The molecule has 3 aromatic rings. The Balaban J connectivity index is 1.23. The number of benzene rings is 2. The highest BCUT2D eigenvalue weighted by Crippen LogP contribution is 2.32. The zero-order valence-corrected chi connectivity index (χ0v) is 17.6. The lowest BCUT2D eigenvalue weighted by molar-refractivity contribution is -0.384. The molecule has 2 heterocycles. The normalized spacial score (nSPS) is 15.4. The molecule has 1 fully saturated rings. The van der Waals surface area contributed by atoms with Crippen LogP contribution in [0.25, 0.3) is 10.9 Å². The zero-order chi connectivity index (χ0) is 22.7. The molecule has 0 amide bonds. The molecule has 9 heteroatoms. The number of hydrogen-bond donors (Lipinski definition) is 0. The minimum absolute atomic E-state index is 0.0968. The second-order valence-corrected chi connectivity index (χ2v) is 8.09. The number of halogens is 3. The lowest BCUT2D eigenvalue weighted by atomic mass is 10.1. The van der Waals surface area contributed by atoms with Gasteiger partial charge in [-0.3, -0.25) is 15.0 Å². The number of nitro benzene ring substituents is 1. The summed E-state index contributed by atoms with van der Waals surface area (Å²) in [6.07, 6.45) is -0.370. The Kier molecular flexibility index (Phi) is 6.36. The molecule has 0 spiro atoms. The van der Waals surface area contributed by atoms with Gasteiger partial charge in [-0.25, -0.2) is 0 Å². The number of aryl methyl sites for hydroxylation is 1. The predicted octanol–water partition coefficient (Wildman–Crippen LogP) is 5.17. The summed E-state index contributed by atoms with van der Waals surface area (Å²) < 4.78 is 41.0. The van der Waals surface area contributed by atoms with Gasteiger partial charge in [0, 0.05) is 67.6 Å². The maximum atomic E-state index is 13.0. The van der Waals surface area contributed by atoms with Crippen LogP contribution in [0.1, 0.15) is 18.4 Å². The largest absolute Gasteiger partial charge is 0.416 e. The van der Waals surface area contributed by atoms with Crippen LogP contribution in [0.5, 0.6) is 0 Å². The van der Waals surface area contributed by atoms with Crippen molar-refractivity contribution < 1.29 is 18.1 Å². The van der Waals surface area contributed by atoms with E-state index in [4.69, 9.17) is 0 Å². The smallest absolute Gasteiger partial charge is 0.369 e. The van der Waals surface area contributed by atoms with E-state index in [0.29, 0.717) is 18.8 Å². The van der Waals surface area contributed by atoms with E-state index in [1.165, 1.54) is 18.2 Å². The Labute approximate surface area is 184 Å². The maximum absolute atomic E-state index is 13.0. The van der Waals surface area contributed by atoms with Gasteiger partial charge in [0.2, 0.25) is 0 Å². The summed E-state index contributed by atoms with van der Waals surface area (Å²) in [5.74, 6) is 0. The molecule has 0 radical (unpaired) electrons. The average molecular weight is 446 g/mol.